The van der Waals surface area contributed by atoms with E-state index in [1.54, 1.807) is 0 Å². The Bertz CT molecular complexity index is 1190. The lowest BCUT2D eigenvalue weighted by atomic mass is 10.0. The average Bonchev–Trinajstić information content (AvgIpc) is 3.34. The minimum absolute atomic E-state index is 0.0981. The zero-order valence-corrected chi connectivity index (χ0v) is 45.4. The van der Waals surface area contributed by atoms with Crippen LogP contribution in [0.5, 0.6) is 0 Å². The lowest BCUT2D eigenvalue weighted by Gasteiger charge is -2.18. The highest BCUT2D eigenvalue weighted by atomic mass is 16.6. The van der Waals surface area contributed by atoms with Gasteiger partial charge in [0.05, 0.1) is 0 Å². The van der Waals surface area contributed by atoms with Crippen LogP contribution >= 0.6 is 0 Å². The van der Waals surface area contributed by atoms with E-state index in [2.05, 4.69) is 57.2 Å². The lowest BCUT2D eigenvalue weighted by molar-refractivity contribution is -0.166. The Balaban J connectivity index is 4.06. The third-order valence-electron chi connectivity index (χ3n) is 13.1. The van der Waals surface area contributed by atoms with Gasteiger partial charge in [0.25, 0.3) is 0 Å². The molecule has 0 spiro atoms. The molecule has 0 amide bonds. The molecule has 1 atom stereocenters. The molecule has 68 heavy (non-hydrogen) atoms. The van der Waals surface area contributed by atoms with E-state index in [9.17, 15) is 14.4 Å². The van der Waals surface area contributed by atoms with E-state index in [0.29, 0.717) is 19.3 Å². The zero-order chi connectivity index (χ0) is 49.3. The molecule has 0 N–H and O–H groups in total. The van der Waals surface area contributed by atoms with Crippen LogP contribution in [0.15, 0.2) is 48.6 Å². The summed E-state index contributed by atoms with van der Waals surface area (Å²) in [5, 5.41) is 0. The van der Waals surface area contributed by atoms with Gasteiger partial charge in [0.1, 0.15) is 13.2 Å². The molecule has 0 fully saturated rings. The molecule has 0 aliphatic carbocycles. The lowest BCUT2D eigenvalue weighted by Crippen LogP contribution is -2.30. The highest BCUT2D eigenvalue weighted by molar-refractivity contribution is 5.71. The SMILES string of the molecule is CC/C=C\C/C=C\C/C=C\C/C=C\CCC(=O)OC(COC(=O)CCCCCCCCCC)COC(=O)CCCCCCCCCCCCCCCCCCCCCCCCCCCCCCC. The van der Waals surface area contributed by atoms with Gasteiger partial charge in [-0.1, -0.05) is 294 Å². The number of hydrogen-bond acceptors (Lipinski definition) is 6. The van der Waals surface area contributed by atoms with Crippen LogP contribution in [0.25, 0.3) is 0 Å². The van der Waals surface area contributed by atoms with E-state index < -0.39 is 6.10 Å². The van der Waals surface area contributed by atoms with E-state index in [1.165, 1.54) is 199 Å². The smallest absolute Gasteiger partial charge is 0.306 e. The van der Waals surface area contributed by atoms with Crippen LogP contribution in [-0.2, 0) is 28.6 Å². The number of unbranched alkanes of at least 4 members (excludes halogenated alkanes) is 35. The molecular weight excluding hydrogens is 841 g/mol. The summed E-state index contributed by atoms with van der Waals surface area (Å²) >= 11 is 0. The van der Waals surface area contributed by atoms with Crippen LogP contribution in [0.3, 0.4) is 0 Å². The molecule has 0 aromatic carbocycles. The van der Waals surface area contributed by atoms with E-state index >= 15 is 0 Å². The normalized spacial score (nSPS) is 12.3. The van der Waals surface area contributed by atoms with Gasteiger partial charge in [-0.25, -0.2) is 0 Å². The number of carbonyl (C=O) groups is 3. The van der Waals surface area contributed by atoms with Gasteiger partial charge in [0, 0.05) is 19.3 Å². The third-order valence-corrected chi connectivity index (χ3v) is 13.1. The van der Waals surface area contributed by atoms with Crippen molar-refractivity contribution in [3.8, 4) is 0 Å². The average molecular weight is 954 g/mol. The maximum absolute atomic E-state index is 12.7. The Hall–Kier alpha value is -2.63. The minimum Gasteiger partial charge on any atom is -0.462 e. The number of rotatable bonds is 54. The standard InChI is InChI=1S/C62H112O6/c1-4-7-10-13-16-19-21-23-24-25-26-27-28-29-30-31-32-33-34-35-36-37-38-40-41-43-46-49-52-55-61(64)67-58-59(57-66-60(63)54-51-48-45-18-15-12-9-6-3)68-62(65)56-53-50-47-44-42-39-22-20-17-14-11-8-5-2/h8,11,17,20,39,42,47,50,59H,4-7,9-10,12-16,18-19,21-38,40-41,43-46,48-49,51-58H2,1-3H3/b11-8-,20-17-,42-39-,50-47-. The van der Waals surface area contributed by atoms with Gasteiger partial charge in [-0.15, -0.1) is 0 Å². The van der Waals surface area contributed by atoms with Crippen molar-refractivity contribution >= 4 is 17.9 Å². The first-order valence-electron chi connectivity index (χ1n) is 29.6. The number of hydrogen-bond donors (Lipinski definition) is 0. The predicted octanol–water partition coefficient (Wildman–Crippen LogP) is 19.8. The topological polar surface area (TPSA) is 78.9 Å². The van der Waals surface area contributed by atoms with Crippen LogP contribution in [0.1, 0.15) is 310 Å². The summed E-state index contributed by atoms with van der Waals surface area (Å²) in [7, 11) is 0. The number of ether oxygens (including phenoxy) is 3. The molecule has 0 radical (unpaired) electrons. The van der Waals surface area contributed by atoms with Gasteiger partial charge >= 0.3 is 17.9 Å². The van der Waals surface area contributed by atoms with Crippen molar-refractivity contribution in [1.82, 2.24) is 0 Å². The van der Waals surface area contributed by atoms with E-state index in [0.717, 1.165) is 64.2 Å². The molecule has 1 unspecified atom stereocenters. The predicted molar refractivity (Wildman–Crippen MR) is 293 cm³/mol. The van der Waals surface area contributed by atoms with Crippen LogP contribution in [-0.4, -0.2) is 37.2 Å². The highest BCUT2D eigenvalue weighted by Crippen LogP contribution is 2.17. The van der Waals surface area contributed by atoms with Gasteiger partial charge in [0.2, 0.25) is 0 Å². The summed E-state index contributed by atoms with van der Waals surface area (Å²) < 4.78 is 16.7. The van der Waals surface area contributed by atoms with Crippen molar-refractivity contribution in [3.05, 3.63) is 48.6 Å². The Morgan fingerprint density at radius 2 is 0.574 bits per heavy atom. The molecule has 396 valence electrons. The summed E-state index contributed by atoms with van der Waals surface area (Å²) in [5.41, 5.74) is 0. The minimum atomic E-state index is -0.806. The molecule has 0 bridgehead atoms. The van der Waals surface area contributed by atoms with Gasteiger partial charge < -0.3 is 14.2 Å². The summed E-state index contributed by atoms with van der Waals surface area (Å²) in [6.07, 6.45) is 70.3. The molecule has 0 saturated carbocycles. The molecule has 0 heterocycles. The third kappa shape index (κ3) is 54.3. The fraction of sp³-hybridized carbons (Fsp3) is 0.823. The Morgan fingerprint density at radius 1 is 0.309 bits per heavy atom. The van der Waals surface area contributed by atoms with Crippen LogP contribution in [0.4, 0.5) is 0 Å². The first-order chi connectivity index (χ1) is 33.5. The maximum atomic E-state index is 12.7. The van der Waals surface area contributed by atoms with Gasteiger partial charge in [0.15, 0.2) is 6.10 Å². The molecule has 0 aromatic rings. The van der Waals surface area contributed by atoms with Crippen molar-refractivity contribution in [1.29, 1.82) is 0 Å². The Labute approximate surface area is 422 Å². The fourth-order valence-corrected chi connectivity index (χ4v) is 8.69. The molecule has 0 aliphatic rings. The first-order valence-corrected chi connectivity index (χ1v) is 29.6. The maximum Gasteiger partial charge on any atom is 0.306 e. The van der Waals surface area contributed by atoms with E-state index in [-0.39, 0.29) is 37.5 Å². The monoisotopic (exact) mass is 953 g/mol. The summed E-state index contributed by atoms with van der Waals surface area (Å²) in [4.78, 5) is 37.9. The largest absolute Gasteiger partial charge is 0.462 e. The Kier molecular flexibility index (Phi) is 54.8. The first kappa shape index (κ1) is 65.4. The molecule has 6 nitrogen and oxygen atoms in total. The summed E-state index contributed by atoms with van der Waals surface area (Å²) in [5.74, 6) is -0.973. The van der Waals surface area contributed by atoms with E-state index in [1.807, 2.05) is 12.2 Å². The molecular formula is C62H112O6. The van der Waals surface area contributed by atoms with Crippen molar-refractivity contribution in [2.45, 2.75) is 316 Å². The van der Waals surface area contributed by atoms with Crippen molar-refractivity contribution < 1.29 is 28.6 Å². The van der Waals surface area contributed by atoms with Crippen molar-refractivity contribution in [2.75, 3.05) is 13.2 Å². The summed E-state index contributed by atoms with van der Waals surface area (Å²) in [6.45, 7) is 6.46. The second-order valence-electron chi connectivity index (χ2n) is 19.9. The van der Waals surface area contributed by atoms with Crippen LogP contribution in [0, 0.1) is 0 Å². The number of carbonyl (C=O) groups excluding carboxylic acids is 3. The molecule has 6 heteroatoms. The molecule has 0 aliphatic heterocycles. The van der Waals surface area contributed by atoms with Crippen molar-refractivity contribution in [2.24, 2.45) is 0 Å². The van der Waals surface area contributed by atoms with E-state index in [4.69, 9.17) is 14.2 Å². The molecule has 0 saturated heterocycles. The van der Waals surface area contributed by atoms with Gasteiger partial charge in [-0.2, -0.15) is 0 Å². The highest BCUT2D eigenvalue weighted by Gasteiger charge is 2.19. The number of allylic oxidation sites excluding steroid dienone is 8. The molecule has 0 rings (SSSR count). The zero-order valence-electron chi connectivity index (χ0n) is 45.4. The second kappa shape index (κ2) is 57.0. The van der Waals surface area contributed by atoms with Crippen molar-refractivity contribution in [3.63, 3.8) is 0 Å². The number of esters is 3. The molecule has 0 aromatic heterocycles. The van der Waals surface area contributed by atoms with Crippen LogP contribution < -0.4 is 0 Å². The summed E-state index contributed by atoms with van der Waals surface area (Å²) in [6, 6.07) is 0. The van der Waals surface area contributed by atoms with Gasteiger partial charge in [-0.05, 0) is 44.9 Å². The fourth-order valence-electron chi connectivity index (χ4n) is 8.69. The second-order valence-corrected chi connectivity index (χ2v) is 19.9. The van der Waals surface area contributed by atoms with Crippen LogP contribution in [0.2, 0.25) is 0 Å². The van der Waals surface area contributed by atoms with Gasteiger partial charge in [-0.3, -0.25) is 14.4 Å². The quantitative estimate of drug-likeness (QED) is 0.0262. The Morgan fingerprint density at radius 3 is 0.868 bits per heavy atom.